The lowest BCUT2D eigenvalue weighted by molar-refractivity contribution is 0.0933. The van der Waals surface area contributed by atoms with Gasteiger partial charge in [-0.3, -0.25) is 19.3 Å². The van der Waals surface area contributed by atoms with E-state index in [1.54, 1.807) is 60.5 Å². The third-order valence-electron chi connectivity index (χ3n) is 6.22. The molecule has 0 unspecified atom stereocenters. The number of H-pyrrole nitrogens is 1. The van der Waals surface area contributed by atoms with Crippen molar-refractivity contribution in [2.75, 3.05) is 5.73 Å². The van der Waals surface area contributed by atoms with Crippen LogP contribution in [-0.4, -0.2) is 40.6 Å². The number of aromatic nitrogens is 7. The minimum absolute atomic E-state index is 0.0264. The zero-order valence-corrected chi connectivity index (χ0v) is 22.4. The van der Waals surface area contributed by atoms with E-state index >= 15 is 0 Å². The van der Waals surface area contributed by atoms with Crippen molar-refractivity contribution in [3.8, 4) is 28.9 Å². The Bertz CT molecular complexity index is 1990. The van der Waals surface area contributed by atoms with Crippen LogP contribution in [0.25, 0.3) is 28.0 Å². The van der Waals surface area contributed by atoms with Crippen molar-refractivity contribution < 1.29 is 4.79 Å². The van der Waals surface area contributed by atoms with Gasteiger partial charge < -0.3 is 11.1 Å². The molecule has 2 aromatic carbocycles. The highest BCUT2D eigenvalue weighted by Gasteiger charge is 2.23. The van der Waals surface area contributed by atoms with Crippen LogP contribution in [0.15, 0.2) is 82.8 Å². The third-order valence-corrected chi connectivity index (χ3v) is 6.81. The largest absolute Gasteiger partial charge is 0.382 e. The van der Waals surface area contributed by atoms with E-state index in [2.05, 4.69) is 42.3 Å². The average molecular weight is 560 g/mol. The number of hydrogen-bond acceptors (Lipinski definition) is 9. The van der Waals surface area contributed by atoms with E-state index in [-0.39, 0.29) is 17.1 Å². The number of nitrogens with two attached hydrogens (primary N) is 1. The van der Waals surface area contributed by atoms with E-state index in [1.807, 2.05) is 18.2 Å². The summed E-state index contributed by atoms with van der Waals surface area (Å²) in [6, 6.07) is 13.7. The number of para-hydroxylation sites is 1. The van der Waals surface area contributed by atoms with Gasteiger partial charge in [-0.25, -0.2) is 19.9 Å². The fourth-order valence-electron chi connectivity index (χ4n) is 4.28. The molecule has 200 valence electrons. The first-order valence-corrected chi connectivity index (χ1v) is 13.4. The van der Waals surface area contributed by atoms with Crippen molar-refractivity contribution >= 4 is 34.0 Å². The van der Waals surface area contributed by atoms with Crippen molar-refractivity contribution in [3.63, 3.8) is 0 Å². The number of hydrogen-bond donors (Lipinski definition) is 3. The van der Waals surface area contributed by atoms with Crippen LogP contribution in [-0.2, 0) is 0 Å². The predicted octanol–water partition coefficient (Wildman–Crippen LogP) is 3.50. The van der Waals surface area contributed by atoms with Gasteiger partial charge in [0.2, 0.25) is 0 Å². The van der Waals surface area contributed by atoms with Crippen LogP contribution in [0.1, 0.15) is 40.4 Å². The quantitative estimate of drug-likeness (QED) is 0.271. The molecule has 0 radical (unpaired) electrons. The van der Waals surface area contributed by atoms with E-state index in [1.165, 1.54) is 22.1 Å². The summed E-state index contributed by atoms with van der Waals surface area (Å²) in [5.74, 6) is 5.82. The maximum atomic E-state index is 14.1. The molecule has 0 aliphatic rings. The van der Waals surface area contributed by atoms with Crippen molar-refractivity contribution in [1.82, 2.24) is 40.0 Å². The average Bonchev–Trinajstić information content (AvgIpc) is 3.72. The van der Waals surface area contributed by atoms with Crippen LogP contribution in [0, 0.1) is 11.8 Å². The summed E-state index contributed by atoms with van der Waals surface area (Å²) in [5.41, 5.74) is 10.6. The molecule has 12 heteroatoms. The number of nitrogens with zero attached hydrogens (tertiary/aromatic N) is 6. The first-order valence-electron chi connectivity index (χ1n) is 12.4. The molecule has 0 saturated carbocycles. The Kier molecular flexibility index (Phi) is 6.76. The van der Waals surface area contributed by atoms with Crippen molar-refractivity contribution in [2.24, 2.45) is 0 Å². The number of anilines is 1. The van der Waals surface area contributed by atoms with Gasteiger partial charge in [-0.15, -0.1) is 11.3 Å². The highest BCUT2D eigenvalue weighted by molar-refractivity contribution is 7.07. The minimum atomic E-state index is -0.718. The first kappa shape index (κ1) is 25.6. The van der Waals surface area contributed by atoms with Crippen molar-refractivity contribution in [1.29, 1.82) is 0 Å². The molecule has 1 atom stereocenters. The minimum Gasteiger partial charge on any atom is -0.382 e. The Hall–Kier alpha value is -5.67. The number of aromatic amines is 1. The van der Waals surface area contributed by atoms with Gasteiger partial charge in [0.1, 0.15) is 17.2 Å². The molecule has 0 aliphatic carbocycles. The summed E-state index contributed by atoms with van der Waals surface area (Å²) >= 11 is 1.40. The Balaban J connectivity index is 1.44. The van der Waals surface area contributed by atoms with Crippen molar-refractivity contribution in [3.05, 3.63) is 111 Å². The van der Waals surface area contributed by atoms with Gasteiger partial charge in [-0.2, -0.15) is 5.10 Å². The molecule has 0 fully saturated rings. The number of carbonyl (C=O) groups excluding carboxylic acids is 1. The molecular formula is C29H21N9O2S. The van der Waals surface area contributed by atoms with Crippen LogP contribution in [0.5, 0.6) is 0 Å². The van der Waals surface area contributed by atoms with Gasteiger partial charge in [0, 0.05) is 17.1 Å². The fraction of sp³-hybridized carbons (Fsp3) is 0.0690. The number of nitrogens with one attached hydrogen (secondary N) is 2. The number of fused-ring (bicyclic) bond motifs is 1. The standard InChI is InChI=1S/C29H21N9O2S/c1-17(35-28(39)25-26(30)31-14-22(36-25)23-15-41-16-32-23)27-37-21-9-5-6-19(11-10-18-12-33-34-13-18)24(21)29(40)38(27)20-7-3-2-4-8-20/h2-9,12-17H,1H3,(H2,30,31)(H,33,34)(H,35,39)/t17-/m0/s1. The number of benzene rings is 2. The molecule has 4 aromatic heterocycles. The van der Waals surface area contributed by atoms with Gasteiger partial charge in [0.15, 0.2) is 11.5 Å². The lowest BCUT2D eigenvalue weighted by Gasteiger charge is -2.20. The zero-order valence-electron chi connectivity index (χ0n) is 21.6. The second-order valence-corrected chi connectivity index (χ2v) is 9.66. The van der Waals surface area contributed by atoms with Gasteiger partial charge in [0.25, 0.3) is 11.5 Å². The zero-order chi connectivity index (χ0) is 28.3. The molecule has 0 bridgehead atoms. The Morgan fingerprint density at radius 2 is 1.90 bits per heavy atom. The Morgan fingerprint density at radius 3 is 2.66 bits per heavy atom. The van der Waals surface area contributed by atoms with Crippen LogP contribution in [0.3, 0.4) is 0 Å². The first-order chi connectivity index (χ1) is 20.0. The smallest absolute Gasteiger partial charge is 0.274 e. The normalized spacial score (nSPS) is 11.5. The van der Waals surface area contributed by atoms with E-state index in [0.29, 0.717) is 44.9 Å². The van der Waals surface area contributed by atoms with Crippen LogP contribution in [0.2, 0.25) is 0 Å². The Labute approximate surface area is 237 Å². The van der Waals surface area contributed by atoms with Crippen LogP contribution >= 0.6 is 11.3 Å². The molecule has 6 aromatic rings. The predicted molar refractivity (Wildman–Crippen MR) is 155 cm³/mol. The molecule has 1 amide bonds. The van der Waals surface area contributed by atoms with Gasteiger partial charge in [0.05, 0.1) is 46.1 Å². The fourth-order valence-corrected chi connectivity index (χ4v) is 4.83. The molecule has 0 aliphatic heterocycles. The van der Waals surface area contributed by atoms with E-state index < -0.39 is 11.9 Å². The van der Waals surface area contributed by atoms with Gasteiger partial charge in [-0.05, 0) is 31.2 Å². The Morgan fingerprint density at radius 1 is 1.05 bits per heavy atom. The molecule has 6 rings (SSSR count). The number of amides is 1. The number of thiazole rings is 1. The van der Waals surface area contributed by atoms with E-state index in [0.717, 1.165) is 0 Å². The maximum Gasteiger partial charge on any atom is 0.274 e. The monoisotopic (exact) mass is 559 g/mol. The number of rotatable bonds is 5. The summed E-state index contributed by atoms with van der Waals surface area (Å²) in [6.45, 7) is 1.74. The van der Waals surface area contributed by atoms with Crippen LogP contribution in [0.4, 0.5) is 5.82 Å². The van der Waals surface area contributed by atoms with Gasteiger partial charge in [-0.1, -0.05) is 36.1 Å². The highest BCUT2D eigenvalue weighted by atomic mass is 32.1. The lowest BCUT2D eigenvalue weighted by atomic mass is 10.1. The molecule has 41 heavy (non-hydrogen) atoms. The topological polar surface area (TPSA) is 157 Å². The molecule has 11 nitrogen and oxygen atoms in total. The summed E-state index contributed by atoms with van der Waals surface area (Å²) in [4.78, 5) is 45.0. The second kappa shape index (κ2) is 10.8. The summed E-state index contributed by atoms with van der Waals surface area (Å²) in [6.07, 6.45) is 4.74. The highest BCUT2D eigenvalue weighted by Crippen LogP contribution is 2.22. The number of carbonyl (C=O) groups is 1. The van der Waals surface area contributed by atoms with E-state index in [4.69, 9.17) is 10.7 Å². The maximum absolute atomic E-state index is 14.1. The van der Waals surface area contributed by atoms with Crippen molar-refractivity contribution in [2.45, 2.75) is 13.0 Å². The third kappa shape index (κ3) is 5.05. The van der Waals surface area contributed by atoms with E-state index in [9.17, 15) is 9.59 Å². The number of nitrogen functional groups attached to an aromatic ring is 1. The second-order valence-electron chi connectivity index (χ2n) is 8.94. The summed E-state index contributed by atoms with van der Waals surface area (Å²) in [7, 11) is 0. The van der Waals surface area contributed by atoms with Crippen LogP contribution < -0.4 is 16.6 Å². The molecule has 0 saturated heterocycles. The molecule has 0 spiro atoms. The summed E-state index contributed by atoms with van der Waals surface area (Å²) < 4.78 is 1.48. The summed E-state index contributed by atoms with van der Waals surface area (Å²) in [5, 5.41) is 11.7. The molecule has 4 heterocycles. The van der Waals surface area contributed by atoms with Gasteiger partial charge >= 0.3 is 0 Å². The molecular weight excluding hydrogens is 538 g/mol. The lowest BCUT2D eigenvalue weighted by Crippen LogP contribution is -2.34. The SMILES string of the molecule is C[C@H](NC(=O)c1nc(-c2cscn2)cnc1N)c1nc2cccc(C#Cc3cn[nH]c3)c2c(=O)n1-c1ccccc1. The molecule has 4 N–H and O–H groups in total.